The average molecular weight is 645 g/mol. The van der Waals surface area contributed by atoms with Crippen LogP contribution in [0.4, 0.5) is 22.0 Å². The standard InChI is InChI=1S/C33H31F5N2O4.C2H6/c1-20(32(42)43-4)15-26(16-22(3)39-14-6-5-7-31(39)41)40-21(2)8-12-29(40)27-17-24(33(36,37)38)10-13-30(27)44-19-23-9-11-25(34)18-28(23)35;1-2/h8-13,15-18H,3,5-7,14,19H2,1-2,4H3;1-2H3/b20-15+,26-16+;. The number of carbonyl (C=O) groups is 2. The number of likely N-dealkylation sites (tertiary alicyclic amines) is 1. The molecule has 4 rings (SSSR count). The van der Waals surface area contributed by atoms with E-state index in [-0.39, 0.29) is 40.7 Å². The van der Waals surface area contributed by atoms with Gasteiger partial charge in [0.2, 0.25) is 5.91 Å². The number of ether oxygens (including phenoxy) is 2. The molecule has 1 fully saturated rings. The first-order valence-corrected chi connectivity index (χ1v) is 14.7. The van der Waals surface area contributed by atoms with Gasteiger partial charge in [-0.15, -0.1) is 0 Å². The number of methoxy groups -OCH3 is 1. The van der Waals surface area contributed by atoms with E-state index >= 15 is 0 Å². The van der Waals surface area contributed by atoms with Gasteiger partial charge in [-0.1, -0.05) is 20.4 Å². The molecule has 1 saturated heterocycles. The van der Waals surface area contributed by atoms with Crippen LogP contribution in [-0.2, 0) is 27.1 Å². The number of carbonyl (C=O) groups excluding carboxylic acids is 2. The molecule has 3 aromatic rings. The van der Waals surface area contributed by atoms with Gasteiger partial charge in [0, 0.05) is 52.8 Å². The highest BCUT2D eigenvalue weighted by molar-refractivity contribution is 5.91. The van der Waals surface area contributed by atoms with Crippen molar-refractivity contribution >= 4 is 17.6 Å². The SMILES string of the molecule is C=C(/C=C(\C=C(/C)C(=O)OC)n1c(C)ccc1-c1cc(C(F)(F)F)ccc1OCc1ccc(F)cc1F)N1CCCCC1=O.CC. The summed E-state index contributed by atoms with van der Waals surface area (Å²) in [6.45, 7) is 11.4. The summed E-state index contributed by atoms with van der Waals surface area (Å²) in [4.78, 5) is 26.5. The van der Waals surface area contributed by atoms with E-state index in [9.17, 15) is 31.5 Å². The minimum absolute atomic E-state index is 0.000806. The molecule has 2 aromatic carbocycles. The predicted molar refractivity (Wildman–Crippen MR) is 166 cm³/mol. The minimum atomic E-state index is -4.69. The second-order valence-corrected chi connectivity index (χ2v) is 10.3. The molecule has 46 heavy (non-hydrogen) atoms. The van der Waals surface area contributed by atoms with E-state index in [0.29, 0.717) is 36.1 Å². The maximum atomic E-state index is 14.3. The molecule has 1 amide bonds. The Hall–Kier alpha value is -4.67. The summed E-state index contributed by atoms with van der Waals surface area (Å²) in [7, 11) is 1.22. The third kappa shape index (κ3) is 8.52. The van der Waals surface area contributed by atoms with Crippen LogP contribution in [0.2, 0.25) is 0 Å². The Morgan fingerprint density at radius 1 is 1.02 bits per heavy atom. The number of amides is 1. The molecule has 0 unspecified atom stereocenters. The molecule has 0 N–H and O–H groups in total. The van der Waals surface area contributed by atoms with Gasteiger partial charge >= 0.3 is 12.1 Å². The highest BCUT2D eigenvalue weighted by Gasteiger charge is 2.32. The van der Waals surface area contributed by atoms with Crippen molar-refractivity contribution in [1.29, 1.82) is 0 Å². The summed E-state index contributed by atoms with van der Waals surface area (Å²) < 4.78 is 81.7. The Morgan fingerprint density at radius 2 is 1.74 bits per heavy atom. The normalized spacial score (nSPS) is 14.0. The van der Waals surface area contributed by atoms with E-state index in [4.69, 9.17) is 9.47 Å². The van der Waals surface area contributed by atoms with Gasteiger partial charge < -0.3 is 18.9 Å². The zero-order valence-electron chi connectivity index (χ0n) is 26.4. The van der Waals surface area contributed by atoms with Crippen LogP contribution in [0.25, 0.3) is 17.0 Å². The third-order valence-corrected chi connectivity index (χ3v) is 7.17. The van der Waals surface area contributed by atoms with Crippen molar-refractivity contribution in [3.05, 3.63) is 107 Å². The number of nitrogens with zero attached hydrogens (tertiary/aromatic N) is 2. The lowest BCUT2D eigenvalue weighted by Crippen LogP contribution is -2.33. The number of aromatic nitrogens is 1. The maximum Gasteiger partial charge on any atom is 0.416 e. The Kier molecular flexibility index (Phi) is 12.1. The van der Waals surface area contributed by atoms with Crippen LogP contribution in [0.3, 0.4) is 0 Å². The fraction of sp³-hybridized carbons (Fsp3) is 0.314. The Morgan fingerprint density at radius 3 is 2.37 bits per heavy atom. The third-order valence-electron chi connectivity index (χ3n) is 7.17. The van der Waals surface area contributed by atoms with Crippen LogP contribution in [0, 0.1) is 18.6 Å². The van der Waals surface area contributed by atoms with Gasteiger partial charge in [0.15, 0.2) is 0 Å². The van der Waals surface area contributed by atoms with Crippen molar-refractivity contribution in [3.63, 3.8) is 0 Å². The number of esters is 1. The van der Waals surface area contributed by atoms with Crippen LogP contribution >= 0.6 is 0 Å². The number of benzene rings is 2. The molecule has 11 heteroatoms. The van der Waals surface area contributed by atoms with Gasteiger partial charge in [-0.25, -0.2) is 13.6 Å². The smallest absolute Gasteiger partial charge is 0.416 e. The second-order valence-electron chi connectivity index (χ2n) is 10.3. The monoisotopic (exact) mass is 644 g/mol. The Balaban J connectivity index is 0.00000282. The molecule has 0 aliphatic carbocycles. The van der Waals surface area contributed by atoms with Crippen LogP contribution in [0.5, 0.6) is 5.75 Å². The van der Waals surface area contributed by atoms with Crippen molar-refractivity contribution in [3.8, 4) is 17.0 Å². The summed E-state index contributed by atoms with van der Waals surface area (Å²) in [6.07, 6.45) is 0.260. The summed E-state index contributed by atoms with van der Waals surface area (Å²) in [5.74, 6) is -2.39. The minimum Gasteiger partial charge on any atom is -0.488 e. The lowest BCUT2D eigenvalue weighted by molar-refractivity contribution is -0.138. The van der Waals surface area contributed by atoms with E-state index in [2.05, 4.69) is 6.58 Å². The molecular formula is C35H37F5N2O4. The van der Waals surface area contributed by atoms with E-state index in [1.807, 2.05) is 13.8 Å². The first-order valence-electron chi connectivity index (χ1n) is 14.7. The molecule has 0 saturated carbocycles. The Labute approximate surface area is 265 Å². The zero-order chi connectivity index (χ0) is 34.2. The van der Waals surface area contributed by atoms with Gasteiger partial charge in [0.1, 0.15) is 24.0 Å². The summed E-state index contributed by atoms with van der Waals surface area (Å²) >= 11 is 0. The fourth-order valence-corrected chi connectivity index (χ4v) is 4.89. The molecule has 246 valence electrons. The van der Waals surface area contributed by atoms with Gasteiger partial charge in [-0.3, -0.25) is 4.79 Å². The molecule has 2 heterocycles. The number of hydrogen-bond acceptors (Lipinski definition) is 4. The molecule has 0 atom stereocenters. The van der Waals surface area contributed by atoms with Gasteiger partial charge in [-0.2, -0.15) is 13.2 Å². The molecular weight excluding hydrogens is 607 g/mol. The maximum absolute atomic E-state index is 14.3. The van der Waals surface area contributed by atoms with Gasteiger partial charge in [0.05, 0.1) is 18.4 Å². The number of piperidine rings is 1. The number of rotatable bonds is 9. The molecule has 1 aliphatic rings. The summed E-state index contributed by atoms with van der Waals surface area (Å²) in [5.41, 5.74) is 0.739. The quantitative estimate of drug-likeness (QED) is 0.101. The van der Waals surface area contributed by atoms with Crippen LogP contribution in [0.1, 0.15) is 56.9 Å². The first kappa shape index (κ1) is 35.8. The van der Waals surface area contributed by atoms with Crippen LogP contribution in [0.15, 0.2) is 78.5 Å². The highest BCUT2D eigenvalue weighted by atomic mass is 19.4. The number of aryl methyl sites for hydroxylation is 1. The zero-order valence-corrected chi connectivity index (χ0v) is 26.4. The highest BCUT2D eigenvalue weighted by Crippen LogP contribution is 2.40. The summed E-state index contributed by atoms with van der Waals surface area (Å²) in [6, 6.07) is 9.08. The van der Waals surface area contributed by atoms with E-state index in [1.165, 1.54) is 31.1 Å². The molecule has 1 aliphatic heterocycles. The van der Waals surface area contributed by atoms with Crippen LogP contribution < -0.4 is 4.74 Å². The number of alkyl halides is 3. The number of allylic oxidation sites excluding steroid dienone is 3. The van der Waals surface area contributed by atoms with Gasteiger partial charge in [-0.05, 0) is 81.3 Å². The molecule has 0 spiro atoms. The van der Waals surface area contributed by atoms with Crippen molar-refractivity contribution in [1.82, 2.24) is 9.47 Å². The molecule has 6 nitrogen and oxygen atoms in total. The molecule has 0 radical (unpaired) electrons. The lowest BCUT2D eigenvalue weighted by Gasteiger charge is -2.27. The van der Waals surface area contributed by atoms with E-state index < -0.39 is 29.3 Å². The van der Waals surface area contributed by atoms with Crippen LogP contribution in [-0.4, -0.2) is 35.0 Å². The Bertz CT molecular complexity index is 1650. The van der Waals surface area contributed by atoms with Crippen molar-refractivity contribution in [2.75, 3.05) is 13.7 Å². The van der Waals surface area contributed by atoms with Gasteiger partial charge in [0.25, 0.3) is 0 Å². The lowest BCUT2D eigenvalue weighted by atomic mass is 10.1. The van der Waals surface area contributed by atoms with Crippen molar-refractivity contribution in [2.24, 2.45) is 0 Å². The molecule has 0 bridgehead atoms. The summed E-state index contributed by atoms with van der Waals surface area (Å²) in [5, 5.41) is 0. The number of halogens is 5. The second kappa shape index (κ2) is 15.6. The molecule has 1 aromatic heterocycles. The number of hydrogen-bond donors (Lipinski definition) is 0. The topological polar surface area (TPSA) is 60.8 Å². The first-order chi connectivity index (χ1) is 21.8. The van der Waals surface area contributed by atoms with E-state index in [1.54, 1.807) is 29.7 Å². The predicted octanol–water partition coefficient (Wildman–Crippen LogP) is 8.85. The van der Waals surface area contributed by atoms with Crippen molar-refractivity contribution < 1.29 is 41.0 Å². The van der Waals surface area contributed by atoms with E-state index in [0.717, 1.165) is 37.1 Å². The average Bonchev–Trinajstić information content (AvgIpc) is 3.41. The fourth-order valence-electron chi connectivity index (χ4n) is 4.89. The van der Waals surface area contributed by atoms with Crippen molar-refractivity contribution in [2.45, 2.75) is 59.7 Å². The largest absolute Gasteiger partial charge is 0.488 e.